The lowest BCUT2D eigenvalue weighted by Crippen LogP contribution is -2.46. The largest absolute Gasteiger partial charge is 0.460 e. The van der Waals surface area contributed by atoms with Crippen LogP contribution in [0.3, 0.4) is 0 Å². The molecule has 134 valence electrons. The molecule has 0 aromatic carbocycles. The average molecular weight is 337 g/mol. The first-order valence-corrected chi connectivity index (χ1v) is 8.47. The van der Waals surface area contributed by atoms with Gasteiger partial charge in [0.15, 0.2) is 5.82 Å². The molecule has 1 aromatic heterocycles. The van der Waals surface area contributed by atoms with E-state index in [1.165, 1.54) is 0 Å². The van der Waals surface area contributed by atoms with Gasteiger partial charge in [-0.3, -0.25) is 10.1 Å². The number of likely N-dealkylation sites (tertiary alicyclic amines) is 1. The molecule has 0 bridgehead atoms. The monoisotopic (exact) mass is 337 g/mol. The van der Waals surface area contributed by atoms with Crippen LogP contribution in [0, 0.1) is 6.92 Å². The van der Waals surface area contributed by atoms with Crippen molar-refractivity contribution in [2.45, 2.75) is 71.4 Å². The Morgan fingerprint density at radius 3 is 2.79 bits per heavy atom. The fourth-order valence-electron chi connectivity index (χ4n) is 2.85. The van der Waals surface area contributed by atoms with E-state index in [2.05, 4.69) is 10.5 Å². The third-order valence-electron chi connectivity index (χ3n) is 3.85. The molecule has 1 N–H and O–H groups in total. The fourth-order valence-corrected chi connectivity index (χ4v) is 2.85. The number of piperidine rings is 1. The van der Waals surface area contributed by atoms with Gasteiger partial charge in [-0.2, -0.15) is 0 Å². The Labute approximate surface area is 142 Å². The molecule has 1 aliphatic heterocycles. The summed E-state index contributed by atoms with van der Waals surface area (Å²) in [6, 6.07) is 1.52. The Morgan fingerprint density at radius 1 is 1.42 bits per heavy atom. The number of esters is 1. The van der Waals surface area contributed by atoms with Crippen LogP contribution in [0.15, 0.2) is 10.6 Å². The molecular formula is C17H27N3O4. The number of hydrogen-bond acceptors (Lipinski definition) is 5. The van der Waals surface area contributed by atoms with E-state index < -0.39 is 5.60 Å². The van der Waals surface area contributed by atoms with E-state index in [0.717, 1.165) is 19.3 Å². The van der Waals surface area contributed by atoms with Crippen LogP contribution in [-0.2, 0) is 9.53 Å². The van der Waals surface area contributed by atoms with Crippen LogP contribution in [-0.4, -0.2) is 40.2 Å². The number of carbonyl (C=O) groups is 2. The number of aryl methyl sites for hydroxylation is 1. The standard InChI is InChI=1S/C17H27N3O4/c1-12-11-14(19-24-12)18-16(22)20-10-6-5-7-13(20)8-9-15(21)23-17(2,3)4/h11,13H,5-10H2,1-4H3,(H,18,19,22). The maximum Gasteiger partial charge on any atom is 0.323 e. The van der Waals surface area contributed by atoms with Crippen molar-refractivity contribution in [3.63, 3.8) is 0 Å². The topological polar surface area (TPSA) is 84.7 Å². The zero-order chi connectivity index (χ0) is 17.7. The molecule has 7 nitrogen and oxygen atoms in total. The molecule has 24 heavy (non-hydrogen) atoms. The highest BCUT2D eigenvalue weighted by atomic mass is 16.6. The van der Waals surface area contributed by atoms with Crippen molar-refractivity contribution in [2.75, 3.05) is 11.9 Å². The Hall–Kier alpha value is -2.05. The van der Waals surface area contributed by atoms with Gasteiger partial charge in [0.2, 0.25) is 0 Å². The summed E-state index contributed by atoms with van der Waals surface area (Å²) in [6.07, 6.45) is 3.85. The minimum atomic E-state index is -0.481. The van der Waals surface area contributed by atoms with E-state index in [4.69, 9.17) is 9.26 Å². The zero-order valence-electron chi connectivity index (χ0n) is 14.9. The second-order valence-electron chi connectivity index (χ2n) is 7.22. The summed E-state index contributed by atoms with van der Waals surface area (Å²) in [6.45, 7) is 8.01. The van der Waals surface area contributed by atoms with Crippen LogP contribution in [0.4, 0.5) is 10.6 Å². The van der Waals surface area contributed by atoms with Gasteiger partial charge in [0, 0.05) is 25.1 Å². The number of anilines is 1. The van der Waals surface area contributed by atoms with Crippen LogP contribution < -0.4 is 5.32 Å². The highest BCUT2D eigenvalue weighted by Crippen LogP contribution is 2.23. The van der Waals surface area contributed by atoms with Crippen LogP contribution >= 0.6 is 0 Å². The quantitative estimate of drug-likeness (QED) is 0.850. The Balaban J connectivity index is 1.89. The summed E-state index contributed by atoms with van der Waals surface area (Å²) in [7, 11) is 0. The smallest absolute Gasteiger partial charge is 0.323 e. The number of carbonyl (C=O) groups excluding carboxylic acids is 2. The number of nitrogens with one attached hydrogen (secondary N) is 1. The van der Waals surface area contributed by atoms with Crippen molar-refractivity contribution in [3.05, 3.63) is 11.8 Å². The van der Waals surface area contributed by atoms with Crippen molar-refractivity contribution < 1.29 is 18.8 Å². The number of rotatable bonds is 4. The molecule has 2 amide bonds. The summed E-state index contributed by atoms with van der Waals surface area (Å²) in [5, 5.41) is 6.54. The first-order chi connectivity index (χ1) is 11.2. The molecule has 1 saturated heterocycles. The van der Waals surface area contributed by atoms with Crippen LogP contribution in [0.1, 0.15) is 58.6 Å². The van der Waals surface area contributed by atoms with Gasteiger partial charge in [-0.25, -0.2) is 4.79 Å². The number of ether oxygens (including phenoxy) is 1. The molecule has 1 fully saturated rings. The van der Waals surface area contributed by atoms with E-state index in [1.807, 2.05) is 20.8 Å². The third kappa shape index (κ3) is 5.54. The van der Waals surface area contributed by atoms with Crippen molar-refractivity contribution in [1.29, 1.82) is 0 Å². The van der Waals surface area contributed by atoms with Crippen molar-refractivity contribution in [2.24, 2.45) is 0 Å². The molecule has 1 atom stereocenters. The highest BCUT2D eigenvalue weighted by Gasteiger charge is 2.28. The summed E-state index contributed by atoms with van der Waals surface area (Å²) in [4.78, 5) is 26.2. The number of aromatic nitrogens is 1. The summed E-state index contributed by atoms with van der Waals surface area (Å²) < 4.78 is 10.3. The lowest BCUT2D eigenvalue weighted by atomic mass is 9.98. The van der Waals surface area contributed by atoms with Gasteiger partial charge in [0.25, 0.3) is 0 Å². The number of nitrogens with zero attached hydrogens (tertiary/aromatic N) is 2. The first-order valence-electron chi connectivity index (χ1n) is 8.47. The van der Waals surface area contributed by atoms with Gasteiger partial charge < -0.3 is 14.2 Å². The second-order valence-corrected chi connectivity index (χ2v) is 7.22. The molecule has 2 heterocycles. The molecular weight excluding hydrogens is 310 g/mol. The molecule has 1 aliphatic rings. The van der Waals surface area contributed by atoms with E-state index in [-0.39, 0.29) is 18.0 Å². The molecule has 0 spiro atoms. The summed E-state index contributed by atoms with van der Waals surface area (Å²) >= 11 is 0. The van der Waals surface area contributed by atoms with Gasteiger partial charge >= 0.3 is 12.0 Å². The minimum Gasteiger partial charge on any atom is -0.460 e. The van der Waals surface area contributed by atoms with Crippen molar-refractivity contribution in [3.8, 4) is 0 Å². The molecule has 0 aliphatic carbocycles. The van der Waals surface area contributed by atoms with Crippen LogP contribution in [0.2, 0.25) is 0 Å². The lowest BCUT2D eigenvalue weighted by Gasteiger charge is -2.35. The Bertz CT molecular complexity index is 577. The summed E-state index contributed by atoms with van der Waals surface area (Å²) in [5.41, 5.74) is -0.481. The normalized spacial score (nSPS) is 18.3. The SMILES string of the molecule is Cc1cc(NC(=O)N2CCCCC2CCC(=O)OC(C)(C)C)no1. The van der Waals surface area contributed by atoms with E-state index in [1.54, 1.807) is 17.9 Å². The Kier molecular flexibility index (Phi) is 5.85. The third-order valence-corrected chi connectivity index (χ3v) is 3.85. The lowest BCUT2D eigenvalue weighted by molar-refractivity contribution is -0.155. The van der Waals surface area contributed by atoms with Crippen LogP contribution in [0.25, 0.3) is 0 Å². The first kappa shape index (κ1) is 18.3. The van der Waals surface area contributed by atoms with Gasteiger partial charge in [0.1, 0.15) is 11.4 Å². The molecule has 2 rings (SSSR count). The summed E-state index contributed by atoms with van der Waals surface area (Å²) in [5.74, 6) is 0.833. The maximum absolute atomic E-state index is 12.5. The molecule has 7 heteroatoms. The van der Waals surface area contributed by atoms with Crippen molar-refractivity contribution in [1.82, 2.24) is 10.1 Å². The molecule has 0 saturated carbocycles. The van der Waals surface area contributed by atoms with E-state index in [9.17, 15) is 9.59 Å². The fraction of sp³-hybridized carbons (Fsp3) is 0.706. The second kappa shape index (κ2) is 7.68. The zero-order valence-corrected chi connectivity index (χ0v) is 14.9. The van der Waals surface area contributed by atoms with Gasteiger partial charge in [-0.15, -0.1) is 0 Å². The van der Waals surface area contributed by atoms with Gasteiger partial charge in [-0.05, 0) is 53.4 Å². The predicted molar refractivity (Wildman–Crippen MR) is 89.7 cm³/mol. The predicted octanol–water partition coefficient (Wildman–Crippen LogP) is 3.49. The van der Waals surface area contributed by atoms with Gasteiger partial charge in [-0.1, -0.05) is 5.16 Å². The van der Waals surface area contributed by atoms with E-state index >= 15 is 0 Å². The average Bonchev–Trinajstić information content (AvgIpc) is 2.89. The number of amides is 2. The van der Waals surface area contributed by atoms with Gasteiger partial charge in [0.05, 0.1) is 0 Å². The number of urea groups is 1. The number of hydrogen-bond donors (Lipinski definition) is 1. The van der Waals surface area contributed by atoms with Crippen molar-refractivity contribution >= 4 is 17.8 Å². The maximum atomic E-state index is 12.5. The highest BCUT2D eigenvalue weighted by molar-refractivity contribution is 5.88. The molecule has 0 radical (unpaired) electrons. The molecule has 1 aromatic rings. The minimum absolute atomic E-state index is 0.0410. The molecule has 1 unspecified atom stereocenters. The van der Waals surface area contributed by atoms with Crippen LogP contribution in [0.5, 0.6) is 0 Å². The Morgan fingerprint density at radius 2 is 2.17 bits per heavy atom. The van der Waals surface area contributed by atoms with E-state index in [0.29, 0.717) is 31.0 Å².